The zero-order valence-electron chi connectivity index (χ0n) is 14.2. The third-order valence-electron chi connectivity index (χ3n) is 4.55. The predicted octanol–water partition coefficient (Wildman–Crippen LogP) is 3.38. The number of rotatable bonds is 6. The first-order chi connectivity index (χ1) is 10.2. The summed E-state index contributed by atoms with van der Waals surface area (Å²) in [6.07, 6.45) is -5.46. The zero-order chi connectivity index (χ0) is 18.2. The average Bonchev–Trinajstić information content (AvgIpc) is 2.30. The van der Waals surface area contributed by atoms with E-state index in [1.54, 1.807) is 20.8 Å². The second kappa shape index (κ2) is 6.43. The molecule has 134 valence electrons. The van der Waals surface area contributed by atoms with Gasteiger partial charge in [0.05, 0.1) is 11.7 Å². The van der Waals surface area contributed by atoms with Crippen molar-refractivity contribution >= 4 is 5.97 Å². The minimum atomic E-state index is -4.78. The van der Waals surface area contributed by atoms with Crippen LogP contribution in [0.4, 0.5) is 13.2 Å². The molecule has 0 saturated heterocycles. The molecule has 0 aromatic heterocycles. The fraction of sp³-hybridized carbons (Fsp3) is 0.812. The van der Waals surface area contributed by atoms with Crippen LogP contribution in [-0.4, -0.2) is 40.7 Å². The fourth-order valence-corrected chi connectivity index (χ4v) is 2.38. The second-order valence-electron chi connectivity index (χ2n) is 6.98. The molecule has 1 saturated carbocycles. The Hall–Kier alpha value is -1.08. The number of hydrogen-bond donors (Lipinski definition) is 1. The summed E-state index contributed by atoms with van der Waals surface area (Å²) in [6.45, 7) is 10.3. The van der Waals surface area contributed by atoms with Gasteiger partial charge < -0.3 is 14.6 Å². The number of halogens is 3. The molecule has 1 aliphatic rings. The highest BCUT2D eigenvalue weighted by Gasteiger charge is 2.56. The highest BCUT2D eigenvalue weighted by atomic mass is 19.4. The van der Waals surface area contributed by atoms with Crippen molar-refractivity contribution in [1.29, 1.82) is 0 Å². The molecule has 0 amide bonds. The van der Waals surface area contributed by atoms with Gasteiger partial charge >= 0.3 is 12.1 Å². The summed E-state index contributed by atoms with van der Waals surface area (Å²) in [4.78, 5) is 11.4. The molecule has 2 atom stereocenters. The number of carbonyl (C=O) groups is 1. The van der Waals surface area contributed by atoms with Crippen molar-refractivity contribution in [3.63, 3.8) is 0 Å². The number of ether oxygens (including phenoxy) is 2. The van der Waals surface area contributed by atoms with Crippen LogP contribution in [0.25, 0.3) is 0 Å². The molecule has 1 rings (SSSR count). The van der Waals surface area contributed by atoms with Crippen LogP contribution in [-0.2, 0) is 14.3 Å². The van der Waals surface area contributed by atoms with Gasteiger partial charge in [-0.3, -0.25) is 0 Å². The molecule has 1 aliphatic carbocycles. The summed E-state index contributed by atoms with van der Waals surface area (Å²) < 4.78 is 49.2. The molecule has 0 aromatic carbocycles. The van der Waals surface area contributed by atoms with E-state index in [0.29, 0.717) is 25.3 Å². The molecule has 4 nitrogen and oxygen atoms in total. The molecule has 23 heavy (non-hydrogen) atoms. The molecule has 0 bridgehead atoms. The lowest BCUT2D eigenvalue weighted by molar-refractivity contribution is -0.303. The van der Waals surface area contributed by atoms with Crippen LogP contribution in [0.3, 0.4) is 0 Å². The Morgan fingerprint density at radius 2 is 1.74 bits per heavy atom. The summed E-state index contributed by atoms with van der Waals surface area (Å²) in [6, 6.07) is 0. The molecule has 1 fully saturated rings. The van der Waals surface area contributed by atoms with Crippen LogP contribution in [0.2, 0.25) is 0 Å². The molecular formula is C16H25F3O4. The lowest BCUT2D eigenvalue weighted by Gasteiger charge is -2.47. The van der Waals surface area contributed by atoms with E-state index in [9.17, 15) is 23.1 Å². The van der Waals surface area contributed by atoms with Gasteiger partial charge in [0.1, 0.15) is 6.10 Å². The lowest BCUT2D eigenvalue weighted by atomic mass is 9.72. The van der Waals surface area contributed by atoms with Crippen molar-refractivity contribution in [2.75, 3.05) is 0 Å². The van der Waals surface area contributed by atoms with Crippen LogP contribution in [0, 0.1) is 5.92 Å². The first-order valence-corrected chi connectivity index (χ1v) is 7.52. The highest BCUT2D eigenvalue weighted by Crippen LogP contribution is 2.43. The minimum Gasteiger partial charge on any atom is -0.459 e. The number of carbonyl (C=O) groups excluding carboxylic acids is 1. The molecule has 1 N–H and O–H groups in total. The van der Waals surface area contributed by atoms with E-state index < -0.39 is 29.5 Å². The largest absolute Gasteiger partial charge is 0.459 e. The molecule has 0 aromatic rings. The average molecular weight is 338 g/mol. The van der Waals surface area contributed by atoms with Crippen LogP contribution < -0.4 is 0 Å². The maximum atomic E-state index is 12.8. The molecule has 2 unspecified atom stereocenters. The Labute approximate surface area is 134 Å². The normalized spacial score (nSPS) is 26.0. The zero-order valence-corrected chi connectivity index (χ0v) is 14.2. The summed E-state index contributed by atoms with van der Waals surface area (Å²) in [5, 5.41) is 9.66. The van der Waals surface area contributed by atoms with Crippen LogP contribution in [0.5, 0.6) is 0 Å². The van der Waals surface area contributed by atoms with Crippen molar-refractivity contribution in [2.24, 2.45) is 5.92 Å². The van der Waals surface area contributed by atoms with E-state index in [-0.39, 0.29) is 12.0 Å². The molecule has 0 aliphatic heterocycles. The third kappa shape index (κ3) is 4.47. The lowest BCUT2D eigenvalue weighted by Crippen LogP contribution is -2.56. The van der Waals surface area contributed by atoms with Crippen LogP contribution in [0.1, 0.15) is 47.5 Å². The van der Waals surface area contributed by atoms with Gasteiger partial charge in [0, 0.05) is 5.57 Å². The van der Waals surface area contributed by atoms with Gasteiger partial charge in [-0.25, -0.2) is 4.79 Å². The topological polar surface area (TPSA) is 55.8 Å². The van der Waals surface area contributed by atoms with Gasteiger partial charge in [-0.1, -0.05) is 6.58 Å². The fourth-order valence-electron chi connectivity index (χ4n) is 2.38. The first kappa shape index (κ1) is 20.0. The van der Waals surface area contributed by atoms with Crippen molar-refractivity contribution in [2.45, 2.75) is 77.0 Å². The van der Waals surface area contributed by atoms with E-state index in [2.05, 4.69) is 6.58 Å². The van der Waals surface area contributed by atoms with E-state index in [4.69, 9.17) is 9.47 Å². The standard InChI is InChI=1S/C16H25F3O4/c1-9(2)13(20)22-12-7-11(8-12)14(4,5)23-10(3)15(6,21)16(17,18)19/h10-12,21H,1,7-8H2,2-6H3. The van der Waals surface area contributed by atoms with Gasteiger partial charge in [-0.15, -0.1) is 0 Å². The number of aliphatic hydroxyl groups is 1. The Balaban J connectivity index is 2.59. The van der Waals surface area contributed by atoms with E-state index in [0.717, 1.165) is 0 Å². The highest BCUT2D eigenvalue weighted by molar-refractivity contribution is 5.87. The van der Waals surface area contributed by atoms with Crippen LogP contribution >= 0.6 is 0 Å². The molecule has 0 radical (unpaired) electrons. The first-order valence-electron chi connectivity index (χ1n) is 7.52. The second-order valence-corrected chi connectivity index (χ2v) is 6.98. The molecule has 0 spiro atoms. The monoisotopic (exact) mass is 338 g/mol. The molecule has 7 heteroatoms. The van der Waals surface area contributed by atoms with Crippen molar-refractivity contribution in [3.8, 4) is 0 Å². The van der Waals surface area contributed by atoms with Crippen LogP contribution in [0.15, 0.2) is 12.2 Å². The van der Waals surface area contributed by atoms with Crippen molar-refractivity contribution < 1.29 is 32.5 Å². The predicted molar refractivity (Wildman–Crippen MR) is 78.7 cm³/mol. The summed E-state index contributed by atoms with van der Waals surface area (Å²) >= 11 is 0. The number of esters is 1. The third-order valence-corrected chi connectivity index (χ3v) is 4.55. The van der Waals surface area contributed by atoms with E-state index >= 15 is 0 Å². The Bertz CT molecular complexity index is 462. The van der Waals surface area contributed by atoms with Gasteiger partial charge in [0.25, 0.3) is 0 Å². The van der Waals surface area contributed by atoms with Gasteiger partial charge in [0.2, 0.25) is 0 Å². The van der Waals surface area contributed by atoms with E-state index in [1.165, 1.54) is 6.92 Å². The van der Waals surface area contributed by atoms with Crippen molar-refractivity contribution in [1.82, 2.24) is 0 Å². The van der Waals surface area contributed by atoms with Gasteiger partial charge in [-0.2, -0.15) is 13.2 Å². The Kier molecular flexibility index (Phi) is 5.58. The summed E-state index contributed by atoms with van der Waals surface area (Å²) in [7, 11) is 0. The SMILES string of the molecule is C=C(C)C(=O)OC1CC(C(C)(C)OC(C)C(C)(O)C(F)(F)F)C1. The quantitative estimate of drug-likeness (QED) is 0.596. The number of alkyl halides is 3. The van der Waals surface area contributed by atoms with Gasteiger partial charge in [0.15, 0.2) is 5.60 Å². The summed E-state index contributed by atoms with van der Waals surface area (Å²) in [5.41, 5.74) is -3.50. The maximum Gasteiger partial charge on any atom is 0.419 e. The Morgan fingerprint density at radius 3 is 2.13 bits per heavy atom. The Morgan fingerprint density at radius 1 is 1.26 bits per heavy atom. The van der Waals surface area contributed by atoms with E-state index in [1.807, 2.05) is 0 Å². The molecular weight excluding hydrogens is 313 g/mol. The minimum absolute atomic E-state index is 0.0584. The number of hydrogen-bond acceptors (Lipinski definition) is 4. The molecule has 0 heterocycles. The van der Waals surface area contributed by atoms with Gasteiger partial charge in [-0.05, 0) is 53.4 Å². The van der Waals surface area contributed by atoms with Crippen molar-refractivity contribution in [3.05, 3.63) is 12.2 Å². The smallest absolute Gasteiger partial charge is 0.419 e. The summed E-state index contributed by atoms with van der Waals surface area (Å²) in [5.74, 6) is -0.530. The maximum absolute atomic E-state index is 12.8.